The largest absolute Gasteiger partial charge is 0.296 e. The Morgan fingerprint density at radius 1 is 0.918 bits per heavy atom. The number of para-hydroxylation sites is 2. The van der Waals surface area contributed by atoms with Crippen LogP contribution in [0.15, 0.2) is 106 Å². The Morgan fingerprint density at radius 3 is 2.24 bits per heavy atom. The highest BCUT2D eigenvalue weighted by molar-refractivity contribution is 8.27. The van der Waals surface area contributed by atoms with Crippen molar-refractivity contribution in [1.82, 2.24) is 23.4 Å². The molecule has 0 N–H and O–H groups in total. The molecule has 0 spiro atoms. The van der Waals surface area contributed by atoms with E-state index in [1.54, 1.807) is 58.1 Å². The molecule has 2 aliphatic rings. The van der Waals surface area contributed by atoms with Crippen LogP contribution < -0.4 is 10.5 Å². The van der Waals surface area contributed by atoms with Gasteiger partial charge in [-0.05, 0) is 68.2 Å². The van der Waals surface area contributed by atoms with E-state index >= 15 is 0 Å². The fourth-order valence-electron chi connectivity index (χ4n) is 6.22. The number of carbonyl (C=O) groups excluding carboxylic acids is 1. The predicted molar refractivity (Wildman–Crippen MR) is 198 cm³/mol. The average molecular weight is 711 g/mol. The Labute approximate surface area is 294 Å². The Bertz CT molecular complexity index is 2280. The number of rotatable bonds is 7. The number of carbonyl (C=O) groups is 1. The van der Waals surface area contributed by atoms with E-state index in [2.05, 4.69) is 6.92 Å². The molecule has 3 aromatic carbocycles. The van der Waals surface area contributed by atoms with Gasteiger partial charge < -0.3 is 0 Å². The van der Waals surface area contributed by atoms with Gasteiger partial charge in [0.15, 0.2) is 4.32 Å². The second-order valence-corrected chi connectivity index (χ2v) is 15.9. The highest BCUT2D eigenvalue weighted by atomic mass is 32.2. The maximum atomic E-state index is 14.1. The van der Waals surface area contributed by atoms with Gasteiger partial charge in [0.1, 0.15) is 11.4 Å². The van der Waals surface area contributed by atoms with Gasteiger partial charge in [-0.2, -0.15) is 9.40 Å². The number of thiocarbonyl (C=S) groups is 1. The Kier molecular flexibility index (Phi) is 8.78. The molecular formula is C36H34N6O4S3. The summed E-state index contributed by atoms with van der Waals surface area (Å²) in [5.74, 6) is 0.0704. The van der Waals surface area contributed by atoms with Gasteiger partial charge in [0.2, 0.25) is 10.0 Å². The second kappa shape index (κ2) is 13.0. The van der Waals surface area contributed by atoms with Crippen molar-refractivity contribution in [3.05, 3.63) is 118 Å². The van der Waals surface area contributed by atoms with E-state index in [0.29, 0.717) is 52.1 Å². The first-order valence-electron chi connectivity index (χ1n) is 15.9. The number of sulfonamides is 1. The maximum Gasteiger partial charge on any atom is 0.296 e. The third kappa shape index (κ3) is 6.01. The minimum absolute atomic E-state index is 0.195. The van der Waals surface area contributed by atoms with Crippen LogP contribution >= 0.6 is 24.0 Å². The molecule has 0 unspecified atom stereocenters. The number of thioether (sulfide) groups is 1. The summed E-state index contributed by atoms with van der Waals surface area (Å²) in [6.45, 7) is 4.90. The number of nitrogens with zero attached hydrogens (tertiary/aromatic N) is 6. The molecule has 0 aliphatic carbocycles. The molecule has 0 atom stereocenters. The summed E-state index contributed by atoms with van der Waals surface area (Å²) < 4.78 is 34.1. The van der Waals surface area contributed by atoms with Gasteiger partial charge in [-0.3, -0.25) is 19.2 Å². The lowest BCUT2D eigenvalue weighted by molar-refractivity contribution is -0.113. The van der Waals surface area contributed by atoms with Gasteiger partial charge in [-0.15, -0.1) is 0 Å². The zero-order chi connectivity index (χ0) is 34.4. The molecule has 10 nitrogen and oxygen atoms in total. The van der Waals surface area contributed by atoms with Gasteiger partial charge in [0.05, 0.1) is 26.9 Å². The Balaban J connectivity index is 1.29. The molecule has 7 rings (SSSR count). The lowest BCUT2D eigenvalue weighted by Gasteiger charge is -2.29. The fourth-order valence-corrected chi connectivity index (χ4v) is 9.00. The molecule has 5 aromatic rings. The number of benzene rings is 3. The van der Waals surface area contributed by atoms with Crippen molar-refractivity contribution in [3.63, 3.8) is 0 Å². The normalized spacial score (nSPS) is 17.0. The highest BCUT2D eigenvalue weighted by Gasteiger charge is 2.38. The van der Waals surface area contributed by atoms with E-state index in [-0.39, 0.29) is 20.5 Å². The van der Waals surface area contributed by atoms with Crippen molar-refractivity contribution in [2.75, 3.05) is 18.0 Å². The van der Waals surface area contributed by atoms with Gasteiger partial charge in [0, 0.05) is 37.5 Å². The van der Waals surface area contributed by atoms with Crippen LogP contribution in [0.2, 0.25) is 0 Å². The summed E-state index contributed by atoms with van der Waals surface area (Å²) in [6.07, 6.45) is 5.17. The molecular weight excluding hydrogens is 677 g/mol. The van der Waals surface area contributed by atoms with E-state index in [1.807, 2.05) is 66.7 Å². The van der Waals surface area contributed by atoms with Crippen molar-refractivity contribution < 1.29 is 13.2 Å². The molecule has 4 heterocycles. The summed E-state index contributed by atoms with van der Waals surface area (Å²) in [6, 6.07) is 25.5. The minimum Gasteiger partial charge on any atom is -0.283 e. The lowest BCUT2D eigenvalue weighted by atomic mass is 10.0. The monoisotopic (exact) mass is 710 g/mol. The number of anilines is 1. The minimum atomic E-state index is -3.71. The first kappa shape index (κ1) is 33.0. The van der Waals surface area contributed by atoms with E-state index in [0.717, 1.165) is 30.3 Å². The highest BCUT2D eigenvalue weighted by Crippen LogP contribution is 2.38. The summed E-state index contributed by atoms with van der Waals surface area (Å²) >= 11 is 6.80. The predicted octanol–water partition coefficient (Wildman–Crippen LogP) is 6.16. The van der Waals surface area contributed by atoms with Crippen LogP contribution in [0.25, 0.3) is 28.7 Å². The summed E-state index contributed by atoms with van der Waals surface area (Å²) in [7, 11) is -1.94. The quantitative estimate of drug-likeness (QED) is 0.147. The van der Waals surface area contributed by atoms with Crippen molar-refractivity contribution in [2.45, 2.75) is 31.6 Å². The van der Waals surface area contributed by atoms with Crippen LogP contribution in [0, 0.1) is 12.8 Å². The lowest BCUT2D eigenvalue weighted by Crippen LogP contribution is -2.37. The molecule has 2 fully saturated rings. The zero-order valence-electron chi connectivity index (χ0n) is 27.2. The summed E-state index contributed by atoms with van der Waals surface area (Å²) in [5, 5.41) is 4.88. The molecule has 0 bridgehead atoms. The fraction of sp³-hybridized carbons (Fsp3) is 0.222. The van der Waals surface area contributed by atoms with Crippen LogP contribution in [0.1, 0.15) is 31.0 Å². The summed E-state index contributed by atoms with van der Waals surface area (Å²) in [4.78, 5) is 29.7. The topological polar surface area (TPSA) is 102 Å². The Hall–Kier alpha value is -4.56. The van der Waals surface area contributed by atoms with E-state index < -0.39 is 15.9 Å². The average Bonchev–Trinajstić information content (AvgIpc) is 3.72. The number of hydrogen-bond donors (Lipinski definition) is 0. The summed E-state index contributed by atoms with van der Waals surface area (Å²) in [5.41, 5.74) is 3.58. The first-order chi connectivity index (χ1) is 23.5. The van der Waals surface area contributed by atoms with E-state index in [1.165, 1.54) is 9.58 Å². The number of aromatic nitrogens is 4. The number of piperidine rings is 1. The molecule has 2 saturated heterocycles. The van der Waals surface area contributed by atoms with E-state index in [4.69, 9.17) is 17.3 Å². The second-order valence-electron chi connectivity index (χ2n) is 12.3. The molecule has 0 saturated carbocycles. The van der Waals surface area contributed by atoms with Gasteiger partial charge in [-0.1, -0.05) is 79.4 Å². The Morgan fingerprint density at radius 2 is 1.57 bits per heavy atom. The SMILES string of the molecule is Cc1c(N2C(=O)/C(=C/c3cn(-c4ccccc4)nc3-c3cccc(S(=O)(=O)N4CCC(C)CC4)c3)SC2=S)c(=O)n(-c2ccccc2)n1C. The number of hydrogen-bond acceptors (Lipinski definition) is 7. The molecule has 1 amide bonds. The first-order valence-corrected chi connectivity index (χ1v) is 18.6. The third-order valence-electron chi connectivity index (χ3n) is 9.08. The molecule has 0 radical (unpaired) electrons. The molecule has 2 aliphatic heterocycles. The van der Waals surface area contributed by atoms with Crippen LogP contribution in [-0.4, -0.2) is 55.2 Å². The van der Waals surface area contributed by atoms with Crippen molar-refractivity contribution in [1.29, 1.82) is 0 Å². The van der Waals surface area contributed by atoms with Gasteiger partial charge >= 0.3 is 0 Å². The molecule has 49 heavy (non-hydrogen) atoms. The molecule has 250 valence electrons. The zero-order valence-corrected chi connectivity index (χ0v) is 29.6. The maximum absolute atomic E-state index is 14.1. The van der Waals surface area contributed by atoms with Crippen LogP contribution in [-0.2, 0) is 21.9 Å². The van der Waals surface area contributed by atoms with Crippen LogP contribution in [0.5, 0.6) is 0 Å². The standard InChI is InChI=1S/C36H34N6O4S3/c1-24-17-19-39(20-18-24)49(45,46)30-16-10-11-26(21-30)32-27(23-40(37-32)28-12-6-4-7-13-28)22-31-34(43)41(36(47)48-31)33-25(2)38(3)42(35(33)44)29-14-8-5-9-15-29/h4-16,21-24H,17-20H2,1-3H3/b31-22-. The molecule has 13 heteroatoms. The smallest absolute Gasteiger partial charge is 0.283 e. The van der Waals surface area contributed by atoms with Gasteiger partial charge in [-0.25, -0.2) is 17.8 Å². The van der Waals surface area contributed by atoms with Crippen LogP contribution in [0.4, 0.5) is 5.69 Å². The third-order valence-corrected chi connectivity index (χ3v) is 12.3. The van der Waals surface area contributed by atoms with E-state index in [9.17, 15) is 18.0 Å². The molecule has 2 aromatic heterocycles. The van der Waals surface area contributed by atoms with Crippen molar-refractivity contribution in [3.8, 4) is 22.6 Å². The number of amides is 1. The van der Waals surface area contributed by atoms with Gasteiger partial charge in [0.25, 0.3) is 11.5 Å². The van der Waals surface area contributed by atoms with Crippen molar-refractivity contribution in [2.24, 2.45) is 13.0 Å². The van der Waals surface area contributed by atoms with Crippen LogP contribution in [0.3, 0.4) is 0 Å². The van der Waals surface area contributed by atoms with Crippen molar-refractivity contribution >= 4 is 56.0 Å².